The lowest BCUT2D eigenvalue weighted by molar-refractivity contribution is -0.386. The number of hydrogen-bond acceptors (Lipinski definition) is 4. The van der Waals surface area contributed by atoms with Crippen molar-refractivity contribution in [3.8, 4) is 5.75 Å². The molecule has 0 saturated heterocycles. The summed E-state index contributed by atoms with van der Waals surface area (Å²) < 4.78 is 12.9. The quantitative estimate of drug-likeness (QED) is 0.558. The fourth-order valence-electron chi connectivity index (χ4n) is 1.09. The smallest absolute Gasteiger partial charge is 0.313 e. The van der Waals surface area contributed by atoms with Crippen molar-refractivity contribution in [3.63, 3.8) is 0 Å². The van der Waals surface area contributed by atoms with Crippen molar-refractivity contribution >= 4 is 5.69 Å². The Morgan fingerprint density at radius 2 is 2.21 bits per heavy atom. The van der Waals surface area contributed by atoms with Gasteiger partial charge in [0, 0.05) is 11.6 Å². The van der Waals surface area contributed by atoms with Crippen molar-refractivity contribution in [3.05, 3.63) is 33.6 Å². The Balaban J connectivity index is 3.40. The van der Waals surface area contributed by atoms with E-state index < -0.39 is 28.2 Å². The van der Waals surface area contributed by atoms with Gasteiger partial charge in [-0.05, 0) is 13.0 Å². The lowest BCUT2D eigenvalue weighted by atomic mass is 10.1. The molecule has 0 aliphatic heterocycles. The first kappa shape index (κ1) is 10.4. The van der Waals surface area contributed by atoms with Crippen LogP contribution in [0.1, 0.15) is 18.5 Å². The van der Waals surface area contributed by atoms with Crippen LogP contribution in [-0.2, 0) is 0 Å². The number of benzene rings is 1. The first-order chi connectivity index (χ1) is 6.43. The number of nitro groups is 1. The molecule has 1 atom stereocenters. The Kier molecular flexibility index (Phi) is 2.66. The van der Waals surface area contributed by atoms with Crippen LogP contribution in [0.15, 0.2) is 12.1 Å². The second-order valence-corrected chi connectivity index (χ2v) is 2.91. The molecule has 0 aliphatic carbocycles. The summed E-state index contributed by atoms with van der Waals surface area (Å²) in [6, 6.07) is 0.971. The summed E-state index contributed by atoms with van der Waals surface area (Å²) in [5.74, 6) is -1.37. The largest absolute Gasteiger partial charge is 0.502 e. The van der Waals surface area contributed by atoms with E-state index in [0.29, 0.717) is 6.07 Å². The minimum atomic E-state index is -0.857. The number of nitrogens with two attached hydrogens (primary N) is 1. The summed E-state index contributed by atoms with van der Waals surface area (Å²) in [5, 5.41) is 19.8. The van der Waals surface area contributed by atoms with Crippen molar-refractivity contribution in [1.82, 2.24) is 0 Å². The average Bonchev–Trinajstić information content (AvgIpc) is 2.07. The molecule has 6 heteroatoms. The van der Waals surface area contributed by atoms with E-state index >= 15 is 0 Å². The topological polar surface area (TPSA) is 89.4 Å². The van der Waals surface area contributed by atoms with E-state index in [9.17, 15) is 19.6 Å². The molecule has 1 aromatic rings. The van der Waals surface area contributed by atoms with E-state index in [2.05, 4.69) is 0 Å². The normalized spacial score (nSPS) is 12.5. The van der Waals surface area contributed by atoms with Crippen molar-refractivity contribution in [2.24, 2.45) is 5.73 Å². The Bertz CT molecular complexity index is 379. The lowest BCUT2D eigenvalue weighted by Crippen LogP contribution is -2.06. The molecule has 0 bridgehead atoms. The van der Waals surface area contributed by atoms with Gasteiger partial charge in [-0.2, -0.15) is 0 Å². The third-order valence-electron chi connectivity index (χ3n) is 1.77. The van der Waals surface area contributed by atoms with Crippen molar-refractivity contribution in [2.75, 3.05) is 0 Å². The van der Waals surface area contributed by atoms with Gasteiger partial charge in [-0.1, -0.05) is 0 Å². The van der Waals surface area contributed by atoms with Crippen LogP contribution in [0.4, 0.5) is 10.1 Å². The van der Waals surface area contributed by atoms with Crippen molar-refractivity contribution in [1.29, 1.82) is 0 Å². The second kappa shape index (κ2) is 3.59. The summed E-state index contributed by atoms with van der Waals surface area (Å²) in [6.07, 6.45) is 0. The van der Waals surface area contributed by atoms with Crippen molar-refractivity contribution in [2.45, 2.75) is 13.0 Å². The van der Waals surface area contributed by atoms with Gasteiger partial charge in [0.2, 0.25) is 0 Å². The fourth-order valence-corrected chi connectivity index (χ4v) is 1.09. The molecule has 3 N–H and O–H groups in total. The molecule has 0 radical (unpaired) electrons. The molecule has 0 amide bonds. The maximum absolute atomic E-state index is 12.9. The summed E-state index contributed by atoms with van der Waals surface area (Å²) in [4.78, 5) is 9.53. The number of phenolic OH excluding ortho intramolecular Hbond substituents is 1. The number of nitrogens with zero attached hydrogens (tertiary/aromatic N) is 1. The van der Waals surface area contributed by atoms with Crippen LogP contribution in [0, 0.1) is 15.9 Å². The van der Waals surface area contributed by atoms with Gasteiger partial charge in [0.15, 0.2) is 5.75 Å². The predicted molar refractivity (Wildman–Crippen MR) is 47.3 cm³/mol. The van der Waals surface area contributed by atoms with E-state index in [1.807, 2.05) is 0 Å². The third-order valence-corrected chi connectivity index (χ3v) is 1.77. The van der Waals surface area contributed by atoms with E-state index in [0.717, 1.165) is 6.07 Å². The molecule has 0 aliphatic rings. The van der Waals surface area contributed by atoms with Gasteiger partial charge in [0.25, 0.3) is 0 Å². The number of phenols is 1. The Morgan fingerprint density at radius 1 is 1.64 bits per heavy atom. The molecule has 1 aromatic carbocycles. The zero-order valence-corrected chi connectivity index (χ0v) is 7.40. The van der Waals surface area contributed by atoms with Crippen LogP contribution in [0.5, 0.6) is 5.75 Å². The predicted octanol–water partition coefficient (Wildman–Crippen LogP) is 1.46. The minimum absolute atomic E-state index is 0.0247. The molecule has 14 heavy (non-hydrogen) atoms. The van der Waals surface area contributed by atoms with Gasteiger partial charge in [-0.3, -0.25) is 10.1 Å². The zero-order valence-electron chi connectivity index (χ0n) is 7.40. The number of hydrogen-bond donors (Lipinski definition) is 2. The van der Waals surface area contributed by atoms with Gasteiger partial charge in [-0.25, -0.2) is 4.39 Å². The van der Waals surface area contributed by atoms with Crippen LogP contribution in [0.25, 0.3) is 0 Å². The SMILES string of the molecule is CC(N)c1cc(F)cc([N+](=O)[O-])c1O. The van der Waals surface area contributed by atoms with Gasteiger partial charge in [0.05, 0.1) is 11.0 Å². The van der Waals surface area contributed by atoms with E-state index in [1.165, 1.54) is 6.92 Å². The highest BCUT2D eigenvalue weighted by atomic mass is 19.1. The lowest BCUT2D eigenvalue weighted by Gasteiger charge is -2.08. The van der Waals surface area contributed by atoms with Crippen LogP contribution < -0.4 is 5.73 Å². The number of rotatable bonds is 2. The highest BCUT2D eigenvalue weighted by Crippen LogP contribution is 2.33. The first-order valence-corrected chi connectivity index (χ1v) is 3.86. The Labute approximate surface area is 79.1 Å². The minimum Gasteiger partial charge on any atom is -0.502 e. The summed E-state index contributed by atoms with van der Waals surface area (Å²) in [5.41, 5.74) is 4.76. The van der Waals surface area contributed by atoms with Gasteiger partial charge >= 0.3 is 5.69 Å². The van der Waals surface area contributed by atoms with E-state index in [4.69, 9.17) is 5.73 Å². The molecule has 0 fully saturated rings. The van der Waals surface area contributed by atoms with Crippen LogP contribution in [-0.4, -0.2) is 10.0 Å². The summed E-state index contributed by atoms with van der Waals surface area (Å²) >= 11 is 0. The molecule has 0 spiro atoms. The van der Waals surface area contributed by atoms with E-state index in [-0.39, 0.29) is 5.56 Å². The monoisotopic (exact) mass is 200 g/mol. The van der Waals surface area contributed by atoms with Gasteiger partial charge < -0.3 is 10.8 Å². The van der Waals surface area contributed by atoms with Crippen LogP contribution >= 0.6 is 0 Å². The molecule has 0 heterocycles. The molecule has 0 aromatic heterocycles. The molecule has 0 saturated carbocycles. The number of halogens is 1. The molecule has 1 rings (SSSR count). The summed E-state index contributed by atoms with van der Waals surface area (Å²) in [7, 11) is 0. The molecular weight excluding hydrogens is 191 g/mol. The summed E-state index contributed by atoms with van der Waals surface area (Å²) in [6.45, 7) is 1.50. The highest BCUT2D eigenvalue weighted by molar-refractivity contribution is 5.52. The van der Waals surface area contributed by atoms with Gasteiger partial charge in [-0.15, -0.1) is 0 Å². The number of aromatic hydroxyl groups is 1. The van der Waals surface area contributed by atoms with Gasteiger partial charge in [0.1, 0.15) is 5.82 Å². The zero-order chi connectivity index (χ0) is 10.9. The first-order valence-electron chi connectivity index (χ1n) is 3.86. The fraction of sp³-hybridized carbons (Fsp3) is 0.250. The molecular formula is C8H9FN2O3. The number of nitro benzene ring substituents is 1. The van der Waals surface area contributed by atoms with E-state index in [1.54, 1.807) is 0 Å². The van der Waals surface area contributed by atoms with Crippen LogP contribution in [0.2, 0.25) is 0 Å². The Hall–Kier alpha value is -1.69. The maximum Gasteiger partial charge on any atom is 0.313 e. The third kappa shape index (κ3) is 1.80. The standard InChI is InChI=1S/C8H9FN2O3/c1-4(10)6-2-5(9)3-7(8(6)12)11(13)14/h2-4,12H,10H2,1H3. The Morgan fingerprint density at radius 3 is 2.64 bits per heavy atom. The molecule has 5 nitrogen and oxygen atoms in total. The highest BCUT2D eigenvalue weighted by Gasteiger charge is 2.20. The van der Waals surface area contributed by atoms with Crippen molar-refractivity contribution < 1.29 is 14.4 Å². The molecule has 1 unspecified atom stereocenters. The molecule has 76 valence electrons. The average molecular weight is 200 g/mol. The second-order valence-electron chi connectivity index (χ2n) is 2.91. The maximum atomic E-state index is 12.9. The van der Waals surface area contributed by atoms with Crippen LogP contribution in [0.3, 0.4) is 0 Å².